The summed E-state index contributed by atoms with van der Waals surface area (Å²) in [6.07, 6.45) is 1.48. The Morgan fingerprint density at radius 2 is 2.08 bits per heavy atom. The molecule has 9 heteroatoms. The molecule has 0 fully saturated rings. The minimum absolute atomic E-state index is 0.0122. The highest BCUT2D eigenvalue weighted by molar-refractivity contribution is 7.99. The Hall–Kier alpha value is -2.16. The standard InChI is InChI=1S/C16H15ClN4O2S2/c1-2-18-16(24)20-19-10-11-3-8-15(14(9-11)21(22)23)25-13-6-4-12(17)5-7-13/h3-10H,2H2,1H3,(H2,18,20,24)/b19-10+. The van der Waals surface area contributed by atoms with E-state index >= 15 is 0 Å². The van der Waals surface area contributed by atoms with E-state index in [2.05, 4.69) is 15.8 Å². The third kappa shape index (κ3) is 6.00. The van der Waals surface area contributed by atoms with Crippen molar-refractivity contribution in [2.24, 2.45) is 5.10 Å². The molecule has 2 rings (SSSR count). The molecule has 0 aliphatic carbocycles. The molecule has 0 spiro atoms. The highest BCUT2D eigenvalue weighted by Crippen LogP contribution is 2.35. The van der Waals surface area contributed by atoms with Crippen LogP contribution in [0, 0.1) is 10.1 Å². The van der Waals surface area contributed by atoms with E-state index in [0.29, 0.717) is 27.1 Å². The first-order valence-corrected chi connectivity index (χ1v) is 8.88. The fourth-order valence-corrected chi connectivity index (χ4v) is 3.06. The molecule has 0 aliphatic heterocycles. The lowest BCUT2D eigenvalue weighted by molar-refractivity contribution is -0.387. The Bertz CT molecular complexity index is 797. The number of nitrogens with one attached hydrogen (secondary N) is 2. The maximum Gasteiger partial charge on any atom is 0.283 e. The van der Waals surface area contributed by atoms with Gasteiger partial charge in [0.2, 0.25) is 0 Å². The van der Waals surface area contributed by atoms with Gasteiger partial charge in [0.25, 0.3) is 5.69 Å². The number of hydrogen-bond acceptors (Lipinski definition) is 5. The van der Waals surface area contributed by atoms with Gasteiger partial charge >= 0.3 is 0 Å². The van der Waals surface area contributed by atoms with E-state index < -0.39 is 4.92 Å². The van der Waals surface area contributed by atoms with Crippen LogP contribution in [0.2, 0.25) is 5.02 Å². The molecule has 0 saturated carbocycles. The molecule has 6 nitrogen and oxygen atoms in total. The summed E-state index contributed by atoms with van der Waals surface area (Å²) in [4.78, 5) is 12.4. The lowest BCUT2D eigenvalue weighted by atomic mass is 10.2. The van der Waals surface area contributed by atoms with Crippen molar-refractivity contribution in [3.8, 4) is 0 Å². The minimum atomic E-state index is -0.410. The van der Waals surface area contributed by atoms with Crippen molar-refractivity contribution in [1.29, 1.82) is 0 Å². The predicted octanol–water partition coefficient (Wildman–Crippen LogP) is 4.22. The summed E-state index contributed by atoms with van der Waals surface area (Å²) in [5.74, 6) is 0. The van der Waals surface area contributed by atoms with Crippen molar-refractivity contribution in [2.45, 2.75) is 16.7 Å². The third-order valence-corrected chi connectivity index (χ3v) is 4.50. The SMILES string of the molecule is CCNC(=S)N/N=C/c1ccc(Sc2ccc(Cl)cc2)c([N+](=O)[O-])c1. The van der Waals surface area contributed by atoms with Crippen molar-refractivity contribution in [1.82, 2.24) is 10.7 Å². The monoisotopic (exact) mass is 394 g/mol. The van der Waals surface area contributed by atoms with E-state index in [4.69, 9.17) is 23.8 Å². The normalized spacial score (nSPS) is 10.6. The molecule has 2 N–H and O–H groups in total. The molecule has 0 heterocycles. The molecule has 0 atom stereocenters. The van der Waals surface area contributed by atoms with Gasteiger partial charge in [0, 0.05) is 28.1 Å². The molecule has 0 radical (unpaired) electrons. The van der Waals surface area contributed by atoms with Gasteiger partial charge in [-0.25, -0.2) is 0 Å². The largest absolute Gasteiger partial charge is 0.362 e. The van der Waals surface area contributed by atoms with Gasteiger partial charge in [-0.2, -0.15) is 5.10 Å². The zero-order valence-electron chi connectivity index (χ0n) is 13.2. The maximum atomic E-state index is 11.4. The van der Waals surface area contributed by atoms with Gasteiger partial charge in [-0.3, -0.25) is 15.5 Å². The predicted molar refractivity (Wildman–Crippen MR) is 106 cm³/mol. The van der Waals surface area contributed by atoms with Gasteiger partial charge in [-0.05, 0) is 49.5 Å². The van der Waals surface area contributed by atoms with Crippen LogP contribution in [0.15, 0.2) is 57.4 Å². The minimum Gasteiger partial charge on any atom is -0.362 e. The van der Waals surface area contributed by atoms with Crippen LogP contribution in [0.25, 0.3) is 0 Å². The lowest BCUT2D eigenvalue weighted by Gasteiger charge is -2.05. The number of benzene rings is 2. The van der Waals surface area contributed by atoms with Crippen LogP contribution in [-0.2, 0) is 0 Å². The lowest BCUT2D eigenvalue weighted by Crippen LogP contribution is -2.31. The molecule has 2 aromatic carbocycles. The summed E-state index contributed by atoms with van der Waals surface area (Å²) in [5.41, 5.74) is 3.25. The smallest absolute Gasteiger partial charge is 0.283 e. The Morgan fingerprint density at radius 1 is 1.36 bits per heavy atom. The Kier molecular flexibility index (Phi) is 7.17. The molecule has 0 amide bonds. The fraction of sp³-hybridized carbons (Fsp3) is 0.125. The van der Waals surface area contributed by atoms with E-state index in [0.717, 1.165) is 4.90 Å². The van der Waals surface area contributed by atoms with Crippen molar-refractivity contribution < 1.29 is 4.92 Å². The van der Waals surface area contributed by atoms with Crippen LogP contribution >= 0.6 is 35.6 Å². The van der Waals surface area contributed by atoms with Crippen LogP contribution in [0.5, 0.6) is 0 Å². The van der Waals surface area contributed by atoms with E-state index in [9.17, 15) is 10.1 Å². The number of hydrazone groups is 1. The number of nitro benzene ring substituents is 1. The highest BCUT2D eigenvalue weighted by Gasteiger charge is 2.15. The molecular weight excluding hydrogens is 380 g/mol. The van der Waals surface area contributed by atoms with E-state index in [1.54, 1.807) is 24.3 Å². The first kappa shape index (κ1) is 19.2. The molecule has 0 unspecified atom stereocenters. The van der Waals surface area contributed by atoms with Gasteiger partial charge in [-0.15, -0.1) is 0 Å². The number of thiocarbonyl (C=S) groups is 1. The fourth-order valence-electron chi connectivity index (χ4n) is 1.84. The molecule has 2 aromatic rings. The van der Waals surface area contributed by atoms with Crippen LogP contribution in [0.1, 0.15) is 12.5 Å². The number of nitro groups is 1. The van der Waals surface area contributed by atoms with E-state index in [1.165, 1.54) is 24.0 Å². The second kappa shape index (κ2) is 9.36. The Morgan fingerprint density at radius 3 is 2.72 bits per heavy atom. The quantitative estimate of drug-likeness (QED) is 0.330. The zero-order chi connectivity index (χ0) is 18.2. The maximum absolute atomic E-state index is 11.4. The van der Waals surface area contributed by atoms with Crippen molar-refractivity contribution in [3.05, 3.63) is 63.2 Å². The first-order chi connectivity index (χ1) is 12.0. The van der Waals surface area contributed by atoms with Crippen molar-refractivity contribution in [3.63, 3.8) is 0 Å². The third-order valence-electron chi connectivity index (χ3n) is 2.94. The average Bonchev–Trinajstić information content (AvgIpc) is 2.58. The summed E-state index contributed by atoms with van der Waals surface area (Å²) < 4.78 is 0. The summed E-state index contributed by atoms with van der Waals surface area (Å²) >= 11 is 12.1. The number of rotatable bonds is 6. The molecular formula is C16H15ClN4O2S2. The molecule has 130 valence electrons. The van der Waals surface area contributed by atoms with Crippen LogP contribution < -0.4 is 10.7 Å². The van der Waals surface area contributed by atoms with Crippen LogP contribution in [0.4, 0.5) is 5.69 Å². The second-order valence-corrected chi connectivity index (χ2v) is 6.73. The summed E-state index contributed by atoms with van der Waals surface area (Å²) in [5, 5.41) is 19.2. The van der Waals surface area contributed by atoms with Crippen LogP contribution in [-0.4, -0.2) is 22.8 Å². The van der Waals surface area contributed by atoms with Crippen LogP contribution in [0.3, 0.4) is 0 Å². The summed E-state index contributed by atoms with van der Waals surface area (Å²) in [6, 6.07) is 12.1. The second-order valence-electron chi connectivity index (χ2n) is 4.77. The summed E-state index contributed by atoms with van der Waals surface area (Å²) in [6.45, 7) is 2.60. The molecule has 0 aromatic heterocycles. The number of halogens is 1. The summed E-state index contributed by atoms with van der Waals surface area (Å²) in [7, 11) is 0. The van der Waals surface area contributed by atoms with Gasteiger partial charge in [0.05, 0.1) is 16.0 Å². The van der Waals surface area contributed by atoms with Gasteiger partial charge < -0.3 is 5.32 Å². The Balaban J connectivity index is 2.16. The molecule has 0 aliphatic rings. The Labute approximate surface area is 159 Å². The first-order valence-electron chi connectivity index (χ1n) is 7.28. The van der Waals surface area contributed by atoms with Gasteiger partial charge in [0.1, 0.15) is 0 Å². The highest BCUT2D eigenvalue weighted by atomic mass is 35.5. The van der Waals surface area contributed by atoms with Crippen molar-refractivity contribution >= 4 is 52.6 Å². The van der Waals surface area contributed by atoms with E-state index in [-0.39, 0.29) is 5.69 Å². The number of nitrogens with zero attached hydrogens (tertiary/aromatic N) is 2. The molecule has 25 heavy (non-hydrogen) atoms. The number of hydrogen-bond donors (Lipinski definition) is 2. The van der Waals surface area contributed by atoms with E-state index in [1.807, 2.05) is 19.1 Å². The van der Waals surface area contributed by atoms with Crippen molar-refractivity contribution in [2.75, 3.05) is 6.54 Å². The zero-order valence-corrected chi connectivity index (χ0v) is 15.6. The van der Waals surface area contributed by atoms with Gasteiger partial charge in [0.15, 0.2) is 5.11 Å². The average molecular weight is 395 g/mol. The molecule has 0 bridgehead atoms. The van der Waals surface area contributed by atoms with Gasteiger partial charge in [-0.1, -0.05) is 29.4 Å². The molecule has 0 saturated heterocycles. The topological polar surface area (TPSA) is 79.6 Å².